The van der Waals surface area contributed by atoms with Gasteiger partial charge in [-0.1, -0.05) is 0 Å². The molecule has 4 heteroatoms. The Morgan fingerprint density at radius 3 is 2.50 bits per heavy atom. The van der Waals surface area contributed by atoms with Crippen LogP contribution in [0.5, 0.6) is 0 Å². The van der Waals surface area contributed by atoms with E-state index >= 15 is 0 Å². The van der Waals surface area contributed by atoms with Crippen LogP contribution in [-0.4, -0.2) is 25.7 Å². The zero-order valence-electron chi connectivity index (χ0n) is 8.78. The van der Waals surface area contributed by atoms with E-state index in [2.05, 4.69) is 4.98 Å². The summed E-state index contributed by atoms with van der Waals surface area (Å²) in [5.41, 5.74) is 7.44. The van der Waals surface area contributed by atoms with Gasteiger partial charge in [0.15, 0.2) is 0 Å². The molecule has 0 aromatic carbocycles. The molecule has 0 saturated carbocycles. The van der Waals surface area contributed by atoms with Crippen molar-refractivity contribution in [1.82, 2.24) is 4.98 Å². The molecule has 0 spiro atoms. The number of nitrogens with two attached hydrogens (primary N) is 1. The fourth-order valence-electron chi connectivity index (χ4n) is 1.39. The van der Waals surface area contributed by atoms with Crippen LogP contribution in [0.2, 0.25) is 0 Å². The summed E-state index contributed by atoms with van der Waals surface area (Å²) in [6.45, 7) is 2.18. The maximum Gasteiger partial charge on any atom is 0.207 e. The van der Waals surface area contributed by atoms with Crippen molar-refractivity contribution in [2.75, 3.05) is 20.8 Å². The lowest BCUT2D eigenvalue weighted by molar-refractivity contribution is -0.208. The highest BCUT2D eigenvalue weighted by molar-refractivity contribution is 5.21. The molecule has 0 saturated heterocycles. The first-order chi connectivity index (χ1) is 6.68. The van der Waals surface area contributed by atoms with Crippen LogP contribution in [0.15, 0.2) is 18.3 Å². The van der Waals surface area contributed by atoms with E-state index < -0.39 is 5.79 Å². The number of hydrogen-bond donors (Lipinski definition) is 1. The monoisotopic (exact) mass is 196 g/mol. The highest BCUT2D eigenvalue weighted by Gasteiger charge is 2.30. The summed E-state index contributed by atoms with van der Waals surface area (Å²) in [4.78, 5) is 4.10. The summed E-state index contributed by atoms with van der Waals surface area (Å²) in [5, 5.41) is 0. The average Bonchev–Trinajstić information content (AvgIpc) is 2.22. The maximum atomic E-state index is 5.64. The average molecular weight is 196 g/mol. The third kappa shape index (κ3) is 1.92. The summed E-state index contributed by atoms with van der Waals surface area (Å²) >= 11 is 0. The second kappa shape index (κ2) is 4.50. The van der Waals surface area contributed by atoms with Crippen LogP contribution in [-0.2, 0) is 15.3 Å². The van der Waals surface area contributed by atoms with Gasteiger partial charge in [0.05, 0.1) is 6.54 Å². The molecule has 0 radical (unpaired) electrons. The SMILES string of the molecule is COC(CN)(OC)c1ccnc(C)c1. The molecule has 0 amide bonds. The highest BCUT2D eigenvalue weighted by Crippen LogP contribution is 2.24. The molecule has 78 valence electrons. The Labute approximate surface area is 84.0 Å². The van der Waals surface area contributed by atoms with Crippen molar-refractivity contribution in [1.29, 1.82) is 0 Å². The normalized spacial score (nSPS) is 11.7. The zero-order valence-corrected chi connectivity index (χ0v) is 8.78. The molecular formula is C10H16N2O2. The first-order valence-corrected chi connectivity index (χ1v) is 4.42. The van der Waals surface area contributed by atoms with Crippen LogP contribution in [0.4, 0.5) is 0 Å². The Balaban J connectivity index is 3.10. The molecule has 2 N–H and O–H groups in total. The molecule has 0 atom stereocenters. The van der Waals surface area contributed by atoms with Crippen molar-refractivity contribution >= 4 is 0 Å². The molecule has 0 fully saturated rings. The molecule has 0 aliphatic rings. The lowest BCUT2D eigenvalue weighted by atomic mass is 10.1. The van der Waals surface area contributed by atoms with Crippen LogP contribution in [0.1, 0.15) is 11.3 Å². The topological polar surface area (TPSA) is 57.4 Å². The van der Waals surface area contributed by atoms with Gasteiger partial charge in [-0.05, 0) is 19.1 Å². The number of methoxy groups -OCH3 is 2. The van der Waals surface area contributed by atoms with Crippen molar-refractivity contribution in [2.45, 2.75) is 12.7 Å². The van der Waals surface area contributed by atoms with Gasteiger partial charge in [0, 0.05) is 31.7 Å². The molecular weight excluding hydrogens is 180 g/mol. The largest absolute Gasteiger partial charge is 0.348 e. The van der Waals surface area contributed by atoms with Gasteiger partial charge >= 0.3 is 0 Å². The number of ether oxygens (including phenoxy) is 2. The Morgan fingerprint density at radius 1 is 1.43 bits per heavy atom. The summed E-state index contributed by atoms with van der Waals surface area (Å²) in [5.74, 6) is -0.853. The Bertz CT molecular complexity index is 290. The summed E-state index contributed by atoms with van der Waals surface area (Å²) in [7, 11) is 3.15. The molecule has 0 aliphatic carbocycles. The Hall–Kier alpha value is -0.970. The Kier molecular flexibility index (Phi) is 3.57. The quantitative estimate of drug-likeness (QED) is 0.723. The van der Waals surface area contributed by atoms with E-state index in [0.29, 0.717) is 0 Å². The van der Waals surface area contributed by atoms with Gasteiger partial charge in [-0.2, -0.15) is 0 Å². The lowest BCUT2D eigenvalue weighted by Gasteiger charge is -2.29. The van der Waals surface area contributed by atoms with Crippen LogP contribution in [0.3, 0.4) is 0 Å². The number of hydrogen-bond acceptors (Lipinski definition) is 4. The molecule has 0 aliphatic heterocycles. The van der Waals surface area contributed by atoms with Gasteiger partial charge in [0.2, 0.25) is 5.79 Å². The molecule has 1 rings (SSSR count). The van der Waals surface area contributed by atoms with Gasteiger partial charge in [-0.3, -0.25) is 4.98 Å². The van der Waals surface area contributed by atoms with E-state index in [1.165, 1.54) is 0 Å². The molecule has 1 aromatic rings. The predicted molar refractivity (Wildman–Crippen MR) is 53.7 cm³/mol. The summed E-state index contributed by atoms with van der Waals surface area (Å²) in [6.07, 6.45) is 1.72. The first kappa shape index (κ1) is 11.1. The molecule has 4 nitrogen and oxygen atoms in total. The second-order valence-corrected chi connectivity index (χ2v) is 3.05. The smallest absolute Gasteiger partial charge is 0.207 e. The lowest BCUT2D eigenvalue weighted by Crippen LogP contribution is -2.39. The zero-order chi connectivity index (χ0) is 10.6. The van der Waals surface area contributed by atoms with Gasteiger partial charge < -0.3 is 15.2 Å². The number of rotatable bonds is 4. The van der Waals surface area contributed by atoms with Crippen molar-refractivity contribution in [2.24, 2.45) is 5.73 Å². The molecule has 14 heavy (non-hydrogen) atoms. The fraction of sp³-hybridized carbons (Fsp3) is 0.500. The van der Waals surface area contributed by atoms with Gasteiger partial charge in [0.25, 0.3) is 0 Å². The standard InChI is InChI=1S/C10H16N2O2/c1-8-6-9(4-5-12-8)10(7-11,13-2)14-3/h4-6H,7,11H2,1-3H3. The number of pyridine rings is 1. The van der Waals surface area contributed by atoms with E-state index in [9.17, 15) is 0 Å². The fourth-order valence-corrected chi connectivity index (χ4v) is 1.39. The van der Waals surface area contributed by atoms with Crippen LogP contribution >= 0.6 is 0 Å². The minimum atomic E-state index is -0.853. The summed E-state index contributed by atoms with van der Waals surface area (Å²) < 4.78 is 10.6. The first-order valence-electron chi connectivity index (χ1n) is 4.42. The van der Waals surface area contributed by atoms with Crippen LogP contribution < -0.4 is 5.73 Å². The van der Waals surface area contributed by atoms with Crippen molar-refractivity contribution < 1.29 is 9.47 Å². The van der Waals surface area contributed by atoms with Gasteiger partial charge in [0.1, 0.15) is 0 Å². The highest BCUT2D eigenvalue weighted by atomic mass is 16.7. The van der Waals surface area contributed by atoms with E-state index in [4.69, 9.17) is 15.2 Å². The molecule has 0 unspecified atom stereocenters. The van der Waals surface area contributed by atoms with E-state index in [1.54, 1.807) is 20.4 Å². The minimum Gasteiger partial charge on any atom is -0.348 e. The number of aromatic nitrogens is 1. The summed E-state index contributed by atoms with van der Waals surface area (Å²) in [6, 6.07) is 3.74. The van der Waals surface area contributed by atoms with Crippen LogP contribution in [0.25, 0.3) is 0 Å². The molecule has 1 heterocycles. The van der Waals surface area contributed by atoms with E-state index in [-0.39, 0.29) is 6.54 Å². The van der Waals surface area contributed by atoms with Crippen molar-refractivity contribution in [3.8, 4) is 0 Å². The minimum absolute atomic E-state index is 0.267. The third-order valence-electron chi connectivity index (χ3n) is 2.26. The number of aryl methyl sites for hydroxylation is 1. The third-order valence-corrected chi connectivity index (χ3v) is 2.26. The van der Waals surface area contributed by atoms with E-state index in [1.807, 2.05) is 19.1 Å². The van der Waals surface area contributed by atoms with Crippen LogP contribution in [0, 0.1) is 6.92 Å². The van der Waals surface area contributed by atoms with Crippen molar-refractivity contribution in [3.05, 3.63) is 29.6 Å². The predicted octanol–water partition coefficient (Wildman–Crippen LogP) is 0.794. The van der Waals surface area contributed by atoms with Gasteiger partial charge in [-0.25, -0.2) is 0 Å². The number of nitrogens with zero attached hydrogens (tertiary/aromatic N) is 1. The molecule has 0 bridgehead atoms. The second-order valence-electron chi connectivity index (χ2n) is 3.05. The van der Waals surface area contributed by atoms with Crippen molar-refractivity contribution in [3.63, 3.8) is 0 Å². The van der Waals surface area contributed by atoms with E-state index in [0.717, 1.165) is 11.3 Å². The Morgan fingerprint density at radius 2 is 2.07 bits per heavy atom. The molecule has 1 aromatic heterocycles. The maximum absolute atomic E-state index is 5.64. The van der Waals surface area contributed by atoms with Gasteiger partial charge in [-0.15, -0.1) is 0 Å².